The van der Waals surface area contributed by atoms with Gasteiger partial charge in [0.05, 0.1) is 0 Å². The van der Waals surface area contributed by atoms with E-state index in [0.29, 0.717) is 16.0 Å². The van der Waals surface area contributed by atoms with E-state index in [4.69, 9.17) is 9.79 Å². The van der Waals surface area contributed by atoms with Gasteiger partial charge < -0.3 is 15.1 Å². The van der Waals surface area contributed by atoms with E-state index in [2.05, 4.69) is 21.2 Å². The van der Waals surface area contributed by atoms with Crippen LogP contribution in [0.1, 0.15) is 15.2 Å². The van der Waals surface area contributed by atoms with Crippen molar-refractivity contribution < 1.29 is 32.3 Å². The third kappa shape index (κ3) is 3.81. The van der Waals surface area contributed by atoms with E-state index in [-0.39, 0.29) is 21.1 Å². The van der Waals surface area contributed by atoms with Crippen LogP contribution in [0.25, 0.3) is 10.1 Å². The predicted molar refractivity (Wildman–Crippen MR) is 99.8 cm³/mol. The smallest absolute Gasteiger partial charge is 0.322 e. The molecule has 3 rings (SSSR count). The maximum Gasteiger partial charge on any atom is 0.400 e. The van der Waals surface area contributed by atoms with Gasteiger partial charge in [0.15, 0.2) is 0 Å². The minimum absolute atomic E-state index is 0.159. The van der Waals surface area contributed by atoms with Crippen molar-refractivity contribution in [3.63, 3.8) is 0 Å². The zero-order chi connectivity index (χ0) is 20.0. The number of thiophene rings is 1. The monoisotopic (exact) mass is 479 g/mol. The molecular weight excluding hydrogens is 470 g/mol. The topological polar surface area (TPSA) is 86.6 Å². The minimum Gasteiger partial charge on any atom is -0.322 e. The van der Waals surface area contributed by atoms with Crippen molar-refractivity contribution in [1.29, 1.82) is 0 Å². The van der Waals surface area contributed by atoms with Crippen LogP contribution in [0.2, 0.25) is 0 Å². The first-order valence-corrected chi connectivity index (χ1v) is 10.5. The highest BCUT2D eigenvalue weighted by Crippen LogP contribution is 2.62. The summed E-state index contributed by atoms with van der Waals surface area (Å²) < 4.78 is 52.3. The number of fused-ring (bicyclic) bond motifs is 1. The Balaban J connectivity index is 1.96. The molecule has 3 N–H and O–H groups in total. The van der Waals surface area contributed by atoms with Gasteiger partial charge in [-0.2, -0.15) is 8.78 Å². The minimum atomic E-state index is -5.70. The fraction of sp³-hybridized carbons (Fsp3) is 0.0625. The second-order valence-corrected chi connectivity index (χ2v) is 9.00. The molecule has 1 aromatic heterocycles. The van der Waals surface area contributed by atoms with Crippen molar-refractivity contribution in [2.24, 2.45) is 0 Å². The van der Waals surface area contributed by atoms with Crippen LogP contribution in [0.15, 0.2) is 46.9 Å². The van der Waals surface area contributed by atoms with Gasteiger partial charge >= 0.3 is 13.3 Å². The molecule has 11 heteroatoms. The Morgan fingerprint density at radius 2 is 1.78 bits per heavy atom. The number of hydrogen-bond donors (Lipinski definition) is 3. The number of halogens is 4. The van der Waals surface area contributed by atoms with E-state index < -0.39 is 29.9 Å². The number of nitrogens with one attached hydrogen (secondary N) is 1. The molecule has 3 aromatic rings. The molecule has 5 nitrogen and oxygen atoms in total. The lowest BCUT2D eigenvalue weighted by Gasteiger charge is -2.16. The van der Waals surface area contributed by atoms with Gasteiger partial charge in [0.1, 0.15) is 10.7 Å². The first kappa shape index (κ1) is 20.0. The average Bonchev–Trinajstić information content (AvgIpc) is 2.91. The van der Waals surface area contributed by atoms with Crippen molar-refractivity contribution in [1.82, 2.24) is 0 Å². The molecule has 0 unspecified atom stereocenters. The molecule has 0 aliphatic heterocycles. The molecule has 0 fully saturated rings. The van der Waals surface area contributed by atoms with Crippen LogP contribution in [0, 0.1) is 5.82 Å². The van der Waals surface area contributed by atoms with E-state index in [9.17, 15) is 22.5 Å². The van der Waals surface area contributed by atoms with Crippen LogP contribution < -0.4 is 5.32 Å². The number of carbonyl (C=O) groups excluding carboxylic acids is 1. The van der Waals surface area contributed by atoms with Crippen LogP contribution in [-0.2, 0) is 10.2 Å². The SMILES string of the molecule is O=C(Nc1ccc2sc(C(F)(F)P(=O)(O)O)c(Br)c2c1)c1ccc(F)cc1. The highest BCUT2D eigenvalue weighted by molar-refractivity contribution is 9.10. The van der Waals surface area contributed by atoms with Gasteiger partial charge in [-0.3, -0.25) is 9.36 Å². The van der Waals surface area contributed by atoms with Gasteiger partial charge in [-0.05, 0) is 58.4 Å². The summed E-state index contributed by atoms with van der Waals surface area (Å²) in [4.78, 5) is 29.2. The molecule has 0 saturated heterocycles. The van der Waals surface area contributed by atoms with Crippen LogP contribution in [0.3, 0.4) is 0 Å². The Morgan fingerprint density at radius 1 is 1.15 bits per heavy atom. The molecule has 27 heavy (non-hydrogen) atoms. The van der Waals surface area contributed by atoms with E-state index in [1.165, 1.54) is 30.3 Å². The molecule has 142 valence electrons. The van der Waals surface area contributed by atoms with Crippen molar-refractivity contribution in [2.45, 2.75) is 5.66 Å². The molecule has 0 saturated carbocycles. The lowest BCUT2D eigenvalue weighted by molar-refractivity contribution is 0.0595. The number of anilines is 1. The van der Waals surface area contributed by atoms with Gasteiger partial charge in [0.2, 0.25) is 0 Å². The van der Waals surface area contributed by atoms with E-state index in [1.54, 1.807) is 0 Å². The standard InChI is InChI=1S/C16H10BrF3NO4PS/c17-13-11-7-10(21-15(22)8-1-3-9(18)4-2-8)5-6-12(11)27-14(13)16(19,20)26(23,24)25/h1-7H,(H,21,22)(H2,23,24,25). The van der Waals surface area contributed by atoms with E-state index >= 15 is 0 Å². The normalized spacial score (nSPS) is 12.4. The van der Waals surface area contributed by atoms with Crippen LogP contribution in [-0.4, -0.2) is 15.7 Å². The highest BCUT2D eigenvalue weighted by atomic mass is 79.9. The van der Waals surface area contributed by atoms with Crippen molar-refractivity contribution in [3.8, 4) is 0 Å². The summed E-state index contributed by atoms with van der Waals surface area (Å²) in [5.74, 6) is -1.02. The molecule has 0 spiro atoms. The molecule has 1 amide bonds. The summed E-state index contributed by atoms with van der Waals surface area (Å²) in [6.07, 6.45) is 0. The number of hydrogen-bond acceptors (Lipinski definition) is 3. The number of amides is 1. The van der Waals surface area contributed by atoms with E-state index in [0.717, 1.165) is 12.1 Å². The van der Waals surface area contributed by atoms with Gasteiger partial charge in [0.25, 0.3) is 5.91 Å². The van der Waals surface area contributed by atoms with Gasteiger partial charge in [-0.1, -0.05) is 0 Å². The summed E-state index contributed by atoms with van der Waals surface area (Å²) in [6.45, 7) is 0. The number of benzene rings is 2. The molecule has 1 heterocycles. The predicted octanol–water partition coefficient (Wildman–Crippen LogP) is 5.28. The third-order valence-electron chi connectivity index (χ3n) is 3.63. The third-order valence-corrected chi connectivity index (χ3v) is 7.06. The summed E-state index contributed by atoms with van der Waals surface area (Å²) in [5.41, 5.74) is -3.86. The number of carbonyl (C=O) groups is 1. The second kappa shape index (κ2) is 7.03. The fourth-order valence-electron chi connectivity index (χ4n) is 2.28. The lowest BCUT2D eigenvalue weighted by Crippen LogP contribution is -2.12. The molecule has 0 aliphatic carbocycles. The summed E-state index contributed by atoms with van der Waals surface area (Å²) in [5, 5.41) is 2.82. The Hall–Kier alpha value is -1.71. The van der Waals surface area contributed by atoms with Crippen LogP contribution in [0.5, 0.6) is 0 Å². The molecule has 0 radical (unpaired) electrons. The maximum absolute atomic E-state index is 14.0. The number of rotatable bonds is 4. The van der Waals surface area contributed by atoms with Crippen LogP contribution >= 0.6 is 34.9 Å². The fourth-order valence-corrected chi connectivity index (χ4v) is 5.20. The molecular formula is C16H10BrF3NO4PS. The van der Waals surface area contributed by atoms with Crippen molar-refractivity contribution in [2.75, 3.05) is 5.32 Å². The molecule has 0 aliphatic rings. The molecule has 0 bridgehead atoms. The summed E-state index contributed by atoms with van der Waals surface area (Å²) >= 11 is 3.51. The Labute approximate surface area is 163 Å². The molecule has 2 aromatic carbocycles. The van der Waals surface area contributed by atoms with E-state index in [1.807, 2.05) is 0 Å². The zero-order valence-corrected chi connectivity index (χ0v) is 16.4. The Kier molecular flexibility index (Phi) is 5.22. The van der Waals surface area contributed by atoms with Gasteiger partial charge in [-0.15, -0.1) is 11.3 Å². The summed E-state index contributed by atoms with van der Waals surface area (Å²) in [6, 6.07) is 9.16. The number of alkyl halides is 2. The zero-order valence-electron chi connectivity index (χ0n) is 13.1. The van der Waals surface area contributed by atoms with Crippen molar-refractivity contribution in [3.05, 3.63) is 63.2 Å². The largest absolute Gasteiger partial charge is 0.400 e. The van der Waals surface area contributed by atoms with Gasteiger partial charge in [0, 0.05) is 25.8 Å². The average molecular weight is 480 g/mol. The lowest BCUT2D eigenvalue weighted by atomic mass is 10.2. The van der Waals surface area contributed by atoms with Crippen LogP contribution in [0.4, 0.5) is 18.9 Å². The Bertz CT molecular complexity index is 1080. The quantitative estimate of drug-likeness (QED) is 0.444. The maximum atomic E-state index is 14.0. The first-order chi connectivity index (χ1) is 12.5. The molecule has 0 atom stereocenters. The van der Waals surface area contributed by atoms with Crippen molar-refractivity contribution >= 4 is 56.5 Å². The Morgan fingerprint density at radius 3 is 2.37 bits per heavy atom. The highest BCUT2D eigenvalue weighted by Gasteiger charge is 2.53. The first-order valence-electron chi connectivity index (χ1n) is 7.23. The second-order valence-electron chi connectivity index (χ2n) is 5.50. The summed E-state index contributed by atoms with van der Waals surface area (Å²) in [7, 11) is -5.70. The van der Waals surface area contributed by atoms with Gasteiger partial charge in [-0.25, -0.2) is 4.39 Å².